The Bertz CT molecular complexity index is 1310. The normalized spacial score (nSPS) is 23.9. The third-order valence-corrected chi connectivity index (χ3v) is 5.60. The van der Waals surface area contributed by atoms with Crippen molar-refractivity contribution in [2.45, 2.75) is 37.6 Å². The molecule has 0 amide bonds. The summed E-state index contributed by atoms with van der Waals surface area (Å²) < 4.78 is 27.1. The number of carbonyl (C=O) groups is 1. The number of hydrogen-bond acceptors (Lipinski definition) is 12. The first-order valence-electron chi connectivity index (χ1n) is 10.8. The number of aromatic hydroxyl groups is 1. The van der Waals surface area contributed by atoms with E-state index in [2.05, 4.69) is 0 Å². The van der Waals surface area contributed by atoms with Gasteiger partial charge in [0.2, 0.25) is 17.5 Å². The summed E-state index contributed by atoms with van der Waals surface area (Å²) in [5.41, 5.74) is -0.601. The molecule has 1 aliphatic heterocycles. The number of carbonyl (C=O) groups excluding carboxylic acids is 1. The van der Waals surface area contributed by atoms with Gasteiger partial charge in [0.05, 0.1) is 13.7 Å². The largest absolute Gasteiger partial charge is 0.507 e. The Morgan fingerprint density at radius 2 is 1.72 bits per heavy atom. The lowest BCUT2D eigenvalue weighted by Crippen LogP contribution is -2.60. The second-order valence-corrected chi connectivity index (χ2v) is 8.04. The first-order valence-corrected chi connectivity index (χ1v) is 10.8. The molecule has 2 aromatic carbocycles. The van der Waals surface area contributed by atoms with E-state index in [1.54, 1.807) is 0 Å². The van der Waals surface area contributed by atoms with Gasteiger partial charge in [-0.2, -0.15) is 0 Å². The molecule has 0 aliphatic carbocycles. The second-order valence-electron chi connectivity index (χ2n) is 8.04. The van der Waals surface area contributed by atoms with E-state index < -0.39 is 60.2 Å². The van der Waals surface area contributed by atoms with Crippen LogP contribution in [0.2, 0.25) is 0 Å². The van der Waals surface area contributed by atoms with E-state index in [9.17, 15) is 35.1 Å². The third-order valence-electron chi connectivity index (χ3n) is 5.60. The van der Waals surface area contributed by atoms with E-state index in [-0.39, 0.29) is 33.8 Å². The average molecular weight is 504 g/mol. The van der Waals surface area contributed by atoms with E-state index >= 15 is 0 Å². The van der Waals surface area contributed by atoms with Crippen LogP contribution >= 0.6 is 0 Å². The SMILES string of the molecule is COc1cc(O)c2c(=O)c(O[C@@H]3O[C@H](CO)[C@@H](O)[C@H](O)[C@H]3O)c(-c3ccc(OC(C)=O)cc3)oc2c1. The number of phenols is 1. The van der Waals surface area contributed by atoms with Crippen molar-refractivity contribution in [2.24, 2.45) is 0 Å². The van der Waals surface area contributed by atoms with Gasteiger partial charge < -0.3 is 48.9 Å². The predicted molar refractivity (Wildman–Crippen MR) is 122 cm³/mol. The van der Waals surface area contributed by atoms with Crippen molar-refractivity contribution >= 4 is 16.9 Å². The molecule has 1 aromatic heterocycles. The lowest BCUT2D eigenvalue weighted by molar-refractivity contribution is -0.277. The number of ether oxygens (including phenoxy) is 4. The molecule has 12 nitrogen and oxygen atoms in total. The van der Waals surface area contributed by atoms with Gasteiger partial charge in [-0.3, -0.25) is 9.59 Å². The number of methoxy groups -OCH3 is 1. The van der Waals surface area contributed by atoms with Gasteiger partial charge in [0, 0.05) is 24.6 Å². The Morgan fingerprint density at radius 3 is 2.33 bits per heavy atom. The summed E-state index contributed by atoms with van der Waals surface area (Å²) >= 11 is 0. The minimum Gasteiger partial charge on any atom is -0.507 e. The zero-order valence-corrected chi connectivity index (χ0v) is 19.2. The van der Waals surface area contributed by atoms with E-state index in [0.29, 0.717) is 0 Å². The molecule has 36 heavy (non-hydrogen) atoms. The van der Waals surface area contributed by atoms with Crippen LogP contribution in [-0.4, -0.2) is 75.9 Å². The van der Waals surface area contributed by atoms with Crippen molar-refractivity contribution in [3.05, 3.63) is 46.6 Å². The summed E-state index contributed by atoms with van der Waals surface area (Å²) in [5.74, 6) is -1.20. The maximum absolute atomic E-state index is 13.5. The highest BCUT2D eigenvalue weighted by Gasteiger charge is 2.45. The molecule has 0 spiro atoms. The minimum atomic E-state index is -1.80. The number of aliphatic hydroxyl groups is 4. The molecule has 0 unspecified atom stereocenters. The van der Waals surface area contributed by atoms with E-state index in [4.69, 9.17) is 23.4 Å². The maximum Gasteiger partial charge on any atom is 0.308 e. The van der Waals surface area contributed by atoms with Gasteiger partial charge >= 0.3 is 5.97 Å². The smallest absolute Gasteiger partial charge is 0.308 e. The minimum absolute atomic E-state index is 0.0444. The van der Waals surface area contributed by atoms with Gasteiger partial charge in [0.25, 0.3) is 0 Å². The van der Waals surface area contributed by atoms with Crippen LogP contribution in [0.4, 0.5) is 0 Å². The topological polar surface area (TPSA) is 185 Å². The molecule has 0 saturated carbocycles. The van der Waals surface area contributed by atoms with E-state index in [1.807, 2.05) is 0 Å². The fourth-order valence-corrected chi connectivity index (χ4v) is 3.79. The van der Waals surface area contributed by atoms with Gasteiger partial charge in [0.1, 0.15) is 52.6 Å². The van der Waals surface area contributed by atoms with Crippen LogP contribution in [-0.2, 0) is 9.53 Å². The van der Waals surface area contributed by atoms with Crippen molar-refractivity contribution in [1.82, 2.24) is 0 Å². The maximum atomic E-state index is 13.5. The molecular formula is C24H24O12. The molecule has 5 atom stereocenters. The summed E-state index contributed by atoms with van der Waals surface area (Å²) in [6.45, 7) is 0.533. The zero-order chi connectivity index (χ0) is 26.1. The highest BCUT2D eigenvalue weighted by molar-refractivity contribution is 5.88. The monoisotopic (exact) mass is 504 g/mol. The molecule has 12 heteroatoms. The second kappa shape index (κ2) is 10.1. The Balaban J connectivity index is 1.86. The van der Waals surface area contributed by atoms with Gasteiger partial charge in [-0.25, -0.2) is 0 Å². The van der Waals surface area contributed by atoms with Crippen molar-refractivity contribution in [2.75, 3.05) is 13.7 Å². The van der Waals surface area contributed by atoms with Crippen LogP contribution in [0.15, 0.2) is 45.6 Å². The lowest BCUT2D eigenvalue weighted by Gasteiger charge is -2.39. The molecule has 1 saturated heterocycles. The number of phenolic OH excluding ortho intramolecular Hbond substituents is 1. The molecule has 3 aromatic rings. The van der Waals surface area contributed by atoms with Crippen LogP contribution in [0.1, 0.15) is 6.92 Å². The van der Waals surface area contributed by atoms with Gasteiger partial charge in [0.15, 0.2) is 5.76 Å². The van der Waals surface area contributed by atoms with E-state index in [1.165, 1.54) is 50.4 Å². The number of benzene rings is 2. The van der Waals surface area contributed by atoms with Crippen LogP contribution in [0, 0.1) is 0 Å². The number of rotatable bonds is 6. The Morgan fingerprint density at radius 1 is 1.03 bits per heavy atom. The quantitative estimate of drug-likeness (QED) is 0.228. The van der Waals surface area contributed by atoms with Crippen molar-refractivity contribution in [1.29, 1.82) is 0 Å². The molecule has 5 N–H and O–H groups in total. The van der Waals surface area contributed by atoms with Crippen molar-refractivity contribution in [3.63, 3.8) is 0 Å². The Labute approximate surface area is 203 Å². The predicted octanol–water partition coefficient (Wildman–Crippen LogP) is 0.278. The summed E-state index contributed by atoms with van der Waals surface area (Å²) in [6.07, 6.45) is -8.17. The van der Waals surface area contributed by atoms with Gasteiger partial charge in [-0.1, -0.05) is 0 Å². The highest BCUT2D eigenvalue weighted by atomic mass is 16.7. The van der Waals surface area contributed by atoms with E-state index in [0.717, 1.165) is 0 Å². The summed E-state index contributed by atoms with van der Waals surface area (Å²) in [5, 5.41) is 50.2. The fraction of sp³-hybridized carbons (Fsp3) is 0.333. The lowest BCUT2D eigenvalue weighted by atomic mass is 9.99. The Kier molecular flexibility index (Phi) is 7.15. The number of aliphatic hydroxyl groups excluding tert-OH is 4. The zero-order valence-electron chi connectivity index (χ0n) is 19.2. The summed E-state index contributed by atoms with van der Waals surface area (Å²) in [7, 11) is 1.37. The van der Waals surface area contributed by atoms with Gasteiger partial charge in [-0.05, 0) is 24.3 Å². The summed E-state index contributed by atoms with van der Waals surface area (Å²) in [4.78, 5) is 24.7. The van der Waals surface area contributed by atoms with Crippen LogP contribution in [0.5, 0.6) is 23.0 Å². The number of esters is 1. The number of hydrogen-bond donors (Lipinski definition) is 5. The van der Waals surface area contributed by atoms with Crippen LogP contribution in [0.25, 0.3) is 22.3 Å². The van der Waals surface area contributed by atoms with Crippen LogP contribution < -0.4 is 19.6 Å². The number of fused-ring (bicyclic) bond motifs is 1. The highest BCUT2D eigenvalue weighted by Crippen LogP contribution is 2.37. The molecule has 0 bridgehead atoms. The molecular weight excluding hydrogens is 480 g/mol. The van der Waals surface area contributed by atoms with Gasteiger partial charge in [-0.15, -0.1) is 0 Å². The Hall–Kier alpha value is -3.68. The fourth-order valence-electron chi connectivity index (χ4n) is 3.79. The molecule has 192 valence electrons. The third kappa shape index (κ3) is 4.72. The average Bonchev–Trinajstić information content (AvgIpc) is 2.85. The standard InChI is InChI=1S/C24H24O12/c1-10(26)33-12-5-3-11(4-6-12)22-23(36-24-21(31)20(30)18(28)16(9-25)35-24)19(29)17-14(27)7-13(32-2)8-15(17)34-22/h3-8,16,18,20-21,24-25,27-28,30-31H,9H2,1-2H3/t16-,18-,20+,21-,24+/m1/s1. The first-order chi connectivity index (χ1) is 17.1. The van der Waals surface area contributed by atoms with Crippen LogP contribution in [0.3, 0.4) is 0 Å². The molecule has 2 heterocycles. The van der Waals surface area contributed by atoms with Crippen molar-refractivity contribution in [3.8, 4) is 34.3 Å². The summed E-state index contributed by atoms with van der Waals surface area (Å²) in [6, 6.07) is 8.42. The molecule has 0 radical (unpaired) electrons. The molecule has 1 aliphatic rings. The molecule has 1 fully saturated rings. The molecule has 4 rings (SSSR count). The first kappa shape index (κ1) is 25.4. The van der Waals surface area contributed by atoms with Crippen molar-refractivity contribution < 1.29 is 53.7 Å².